The lowest BCUT2D eigenvalue weighted by Gasteiger charge is -2.29. The number of likely N-dealkylation sites (tertiary alicyclic amines) is 1. The number of hydrogen-bond donors (Lipinski definition) is 3. The third kappa shape index (κ3) is 6.03. The number of aliphatic hydroxyl groups excluding tert-OH is 1. The highest BCUT2D eigenvalue weighted by Gasteiger charge is 2.35. The van der Waals surface area contributed by atoms with Gasteiger partial charge in [-0.15, -0.1) is 0 Å². The van der Waals surface area contributed by atoms with Crippen LogP contribution >= 0.6 is 0 Å². The molecule has 2 amide bonds. The van der Waals surface area contributed by atoms with Crippen molar-refractivity contribution in [2.24, 2.45) is 0 Å². The molecule has 4 unspecified atom stereocenters. The third-order valence-electron chi connectivity index (χ3n) is 8.30. The molecular weight excluding hydrogens is 530 g/mol. The maximum atomic E-state index is 13.9. The van der Waals surface area contributed by atoms with E-state index >= 15 is 0 Å². The Labute approximate surface area is 245 Å². The van der Waals surface area contributed by atoms with E-state index in [0.29, 0.717) is 35.7 Å². The fourth-order valence-corrected chi connectivity index (χ4v) is 6.14. The second-order valence-electron chi connectivity index (χ2n) is 11.3. The summed E-state index contributed by atoms with van der Waals surface area (Å²) < 4.78 is 7.54. The summed E-state index contributed by atoms with van der Waals surface area (Å²) in [5, 5.41) is 17.8. The van der Waals surface area contributed by atoms with Gasteiger partial charge in [-0.3, -0.25) is 9.59 Å². The van der Waals surface area contributed by atoms with Crippen LogP contribution in [0.1, 0.15) is 69.6 Å². The standard InChI is InChI=1S/C33H37N5O4/c1-22-21-42-32(35-22)29-12-8-16-38(29)33(41)25-18-24(19-26(20-25)37-14-5-6-15-37)31(40)36-28(17-23-9-3-2-4-10-23)30(39)27-11-7-13-34-27/h2-6,9-10,14-15,18-21,27-30,34,39H,7-8,11-13,16-17H2,1H3,(H,36,40). The van der Waals surface area contributed by atoms with Crippen molar-refractivity contribution in [3.05, 3.63) is 108 Å². The molecule has 2 aliphatic heterocycles. The van der Waals surface area contributed by atoms with Crippen LogP contribution in [-0.4, -0.2) is 62.6 Å². The van der Waals surface area contributed by atoms with E-state index in [1.54, 1.807) is 23.3 Å². The van der Waals surface area contributed by atoms with E-state index in [2.05, 4.69) is 15.6 Å². The largest absolute Gasteiger partial charge is 0.446 e. The van der Waals surface area contributed by atoms with Gasteiger partial charge < -0.3 is 29.6 Å². The quantitative estimate of drug-likeness (QED) is 0.279. The topological polar surface area (TPSA) is 113 Å². The monoisotopic (exact) mass is 567 g/mol. The maximum absolute atomic E-state index is 13.9. The molecule has 0 radical (unpaired) electrons. The van der Waals surface area contributed by atoms with Crippen LogP contribution in [0.3, 0.4) is 0 Å². The van der Waals surface area contributed by atoms with E-state index in [-0.39, 0.29) is 23.9 Å². The van der Waals surface area contributed by atoms with Gasteiger partial charge in [0.25, 0.3) is 11.8 Å². The third-order valence-corrected chi connectivity index (χ3v) is 8.30. The van der Waals surface area contributed by atoms with Crippen LogP contribution in [0.4, 0.5) is 0 Å². The summed E-state index contributed by atoms with van der Waals surface area (Å²) in [5.41, 5.74) is 3.28. The molecule has 4 atom stereocenters. The highest BCUT2D eigenvalue weighted by Crippen LogP contribution is 2.33. The Bertz CT molecular complexity index is 1510. The molecule has 0 spiro atoms. The number of amides is 2. The summed E-state index contributed by atoms with van der Waals surface area (Å²) in [6.07, 6.45) is 8.54. The number of hydrogen-bond acceptors (Lipinski definition) is 6. The molecule has 0 bridgehead atoms. The van der Waals surface area contributed by atoms with Gasteiger partial charge in [0.15, 0.2) is 0 Å². The van der Waals surface area contributed by atoms with Gasteiger partial charge in [-0.25, -0.2) is 4.98 Å². The number of nitrogens with zero attached hydrogens (tertiary/aromatic N) is 3. The lowest BCUT2D eigenvalue weighted by atomic mass is 9.95. The first-order valence-corrected chi connectivity index (χ1v) is 14.7. The van der Waals surface area contributed by atoms with Crippen LogP contribution in [0.5, 0.6) is 0 Å². The van der Waals surface area contributed by atoms with Crippen LogP contribution in [-0.2, 0) is 6.42 Å². The number of aliphatic hydroxyl groups is 1. The lowest BCUT2D eigenvalue weighted by molar-refractivity contribution is 0.0715. The Morgan fingerprint density at radius 2 is 1.86 bits per heavy atom. The van der Waals surface area contributed by atoms with E-state index in [0.717, 1.165) is 43.5 Å². The van der Waals surface area contributed by atoms with Crippen molar-refractivity contribution in [3.63, 3.8) is 0 Å². The number of carbonyl (C=O) groups excluding carboxylic acids is 2. The van der Waals surface area contributed by atoms with Gasteiger partial charge in [-0.1, -0.05) is 30.3 Å². The second kappa shape index (κ2) is 12.3. The second-order valence-corrected chi connectivity index (χ2v) is 11.3. The van der Waals surface area contributed by atoms with Crippen LogP contribution < -0.4 is 10.6 Å². The number of benzene rings is 2. The van der Waals surface area contributed by atoms with Crippen LogP contribution in [0.25, 0.3) is 5.69 Å². The number of oxazole rings is 1. The van der Waals surface area contributed by atoms with Crippen molar-refractivity contribution in [1.29, 1.82) is 0 Å². The van der Waals surface area contributed by atoms with Crippen LogP contribution in [0.2, 0.25) is 0 Å². The number of nitrogens with one attached hydrogen (secondary N) is 2. The number of rotatable bonds is 9. The fraction of sp³-hybridized carbons (Fsp3) is 0.364. The van der Waals surface area contributed by atoms with E-state index < -0.39 is 12.1 Å². The Morgan fingerprint density at radius 3 is 2.57 bits per heavy atom. The molecule has 9 heteroatoms. The molecule has 2 aromatic carbocycles. The Kier molecular flexibility index (Phi) is 8.21. The first-order valence-electron chi connectivity index (χ1n) is 14.7. The van der Waals surface area contributed by atoms with Crippen molar-refractivity contribution in [3.8, 4) is 5.69 Å². The average Bonchev–Trinajstić information content (AvgIpc) is 3.84. The minimum Gasteiger partial charge on any atom is -0.446 e. The fourth-order valence-electron chi connectivity index (χ4n) is 6.14. The van der Waals surface area contributed by atoms with Gasteiger partial charge in [-0.05, 0) is 81.5 Å². The first kappa shape index (κ1) is 27.9. The molecule has 2 fully saturated rings. The number of aromatic nitrogens is 2. The molecule has 2 aromatic heterocycles. The summed E-state index contributed by atoms with van der Waals surface area (Å²) in [6.45, 7) is 3.30. The predicted octanol–water partition coefficient (Wildman–Crippen LogP) is 4.21. The minimum absolute atomic E-state index is 0.0895. The van der Waals surface area contributed by atoms with Crippen LogP contribution in [0, 0.1) is 6.92 Å². The van der Waals surface area contributed by atoms with Gasteiger partial charge in [0.1, 0.15) is 12.3 Å². The molecule has 42 heavy (non-hydrogen) atoms. The Hall–Kier alpha value is -4.21. The van der Waals surface area contributed by atoms with Gasteiger partial charge in [0.05, 0.1) is 17.8 Å². The molecule has 2 aliphatic rings. The van der Waals surface area contributed by atoms with Crippen molar-refractivity contribution >= 4 is 11.8 Å². The molecule has 218 valence electrons. The van der Waals surface area contributed by atoms with E-state index in [9.17, 15) is 14.7 Å². The van der Waals surface area contributed by atoms with Crippen LogP contribution in [0.15, 0.2) is 83.7 Å². The summed E-state index contributed by atoms with van der Waals surface area (Å²) in [5.74, 6) is 0.0286. The highest BCUT2D eigenvalue weighted by molar-refractivity contribution is 6.01. The molecule has 2 saturated heterocycles. The van der Waals surface area contributed by atoms with Crippen molar-refractivity contribution in [2.75, 3.05) is 13.1 Å². The lowest BCUT2D eigenvalue weighted by Crippen LogP contribution is -2.52. The van der Waals surface area contributed by atoms with Gasteiger partial charge in [-0.2, -0.15) is 0 Å². The summed E-state index contributed by atoms with van der Waals surface area (Å²) >= 11 is 0. The van der Waals surface area contributed by atoms with E-state index in [4.69, 9.17) is 4.42 Å². The molecule has 4 aromatic rings. The predicted molar refractivity (Wildman–Crippen MR) is 158 cm³/mol. The zero-order valence-corrected chi connectivity index (χ0v) is 23.8. The van der Waals surface area contributed by atoms with Crippen molar-refractivity contribution in [1.82, 2.24) is 25.1 Å². The highest BCUT2D eigenvalue weighted by atomic mass is 16.3. The molecule has 3 N–H and O–H groups in total. The van der Waals surface area contributed by atoms with Gasteiger partial charge in [0, 0.05) is 41.8 Å². The Balaban J connectivity index is 1.30. The number of aryl methyl sites for hydroxylation is 1. The molecular formula is C33H37N5O4. The van der Waals surface area contributed by atoms with E-state index in [1.807, 2.05) is 72.4 Å². The molecule has 9 nitrogen and oxygen atoms in total. The normalized spacial score (nSPS) is 20.0. The van der Waals surface area contributed by atoms with Gasteiger partial charge >= 0.3 is 0 Å². The smallest absolute Gasteiger partial charge is 0.254 e. The Morgan fingerprint density at radius 1 is 1.07 bits per heavy atom. The minimum atomic E-state index is -0.764. The maximum Gasteiger partial charge on any atom is 0.254 e. The summed E-state index contributed by atoms with van der Waals surface area (Å²) in [7, 11) is 0. The zero-order chi connectivity index (χ0) is 29.1. The average molecular weight is 568 g/mol. The number of carbonyl (C=O) groups is 2. The summed E-state index contributed by atoms with van der Waals surface area (Å²) in [6, 6.07) is 18.1. The first-order chi connectivity index (χ1) is 20.5. The SMILES string of the molecule is Cc1coc(C2CCCN2C(=O)c2cc(C(=O)NC(Cc3ccccc3)C(O)C3CCCN3)cc(-n3cccc3)c2)n1. The molecule has 0 aliphatic carbocycles. The molecule has 6 rings (SSSR count). The molecule has 0 saturated carbocycles. The zero-order valence-electron chi connectivity index (χ0n) is 23.8. The van der Waals surface area contributed by atoms with Crippen molar-refractivity contribution in [2.45, 2.75) is 63.3 Å². The van der Waals surface area contributed by atoms with Gasteiger partial charge in [0.2, 0.25) is 5.89 Å². The molecule has 4 heterocycles. The van der Waals surface area contributed by atoms with E-state index in [1.165, 1.54) is 0 Å². The van der Waals surface area contributed by atoms with Crippen molar-refractivity contribution < 1.29 is 19.1 Å². The summed E-state index contributed by atoms with van der Waals surface area (Å²) in [4.78, 5) is 34.1.